The molecule has 1 aliphatic heterocycles. The van der Waals surface area contributed by atoms with E-state index in [-0.39, 0.29) is 12.1 Å². The average molecular weight is 327 g/mol. The van der Waals surface area contributed by atoms with Crippen molar-refractivity contribution in [2.24, 2.45) is 0 Å². The quantitative estimate of drug-likeness (QED) is 0.834. The molecule has 0 spiro atoms. The average Bonchev–Trinajstić information content (AvgIpc) is 2.91. The van der Waals surface area contributed by atoms with E-state index in [0.717, 1.165) is 35.5 Å². The Morgan fingerprint density at radius 3 is 3.00 bits per heavy atom. The van der Waals surface area contributed by atoms with Gasteiger partial charge in [0, 0.05) is 18.2 Å². The Labute approximate surface area is 143 Å². The van der Waals surface area contributed by atoms with Crippen molar-refractivity contribution in [3.63, 3.8) is 0 Å². The Balaban J connectivity index is 1.94. The minimum Gasteiger partial charge on any atom is -0.493 e. The van der Waals surface area contributed by atoms with Crippen LogP contribution in [0.1, 0.15) is 30.9 Å². The van der Waals surface area contributed by atoms with E-state index in [4.69, 9.17) is 9.47 Å². The molecule has 0 radical (unpaired) electrons. The van der Waals surface area contributed by atoms with Crippen LogP contribution in [0.25, 0.3) is 0 Å². The number of hydrogen-bond donors (Lipinski definition) is 2. The first-order chi connectivity index (χ1) is 11.5. The predicted octanol–water partition coefficient (Wildman–Crippen LogP) is 2.50. The van der Waals surface area contributed by atoms with Gasteiger partial charge >= 0.3 is 0 Å². The number of aliphatic hydroxyl groups is 1. The summed E-state index contributed by atoms with van der Waals surface area (Å²) in [5.41, 5.74) is 1.98. The van der Waals surface area contributed by atoms with E-state index >= 15 is 0 Å². The summed E-state index contributed by atoms with van der Waals surface area (Å²) in [5.74, 6) is 1.52. The van der Waals surface area contributed by atoms with Crippen molar-refractivity contribution in [1.29, 1.82) is 0 Å². The lowest BCUT2D eigenvalue weighted by Crippen LogP contribution is -2.70. The lowest BCUT2D eigenvalue weighted by molar-refractivity contribution is -0.109. The van der Waals surface area contributed by atoms with Gasteiger partial charge < -0.3 is 19.9 Å². The van der Waals surface area contributed by atoms with E-state index in [9.17, 15) is 5.11 Å². The Bertz CT molecular complexity index is 728. The summed E-state index contributed by atoms with van der Waals surface area (Å²) in [6.07, 6.45) is 3.86. The van der Waals surface area contributed by atoms with Crippen molar-refractivity contribution in [2.75, 3.05) is 13.7 Å². The Morgan fingerprint density at radius 1 is 1.50 bits per heavy atom. The molecule has 3 aliphatic rings. The Kier molecular flexibility index (Phi) is 3.35. The van der Waals surface area contributed by atoms with Crippen LogP contribution in [0, 0.1) is 0 Å². The van der Waals surface area contributed by atoms with Gasteiger partial charge in [-0.1, -0.05) is 18.7 Å². The second-order valence-corrected chi connectivity index (χ2v) is 7.37. The highest BCUT2D eigenvalue weighted by Crippen LogP contribution is 2.62. The normalized spacial score (nSPS) is 36.0. The van der Waals surface area contributed by atoms with Gasteiger partial charge in [-0.3, -0.25) is 0 Å². The number of hydrogen-bond acceptors (Lipinski definition) is 4. The molecule has 1 heterocycles. The zero-order valence-electron chi connectivity index (χ0n) is 14.4. The van der Waals surface area contributed by atoms with E-state index in [1.807, 2.05) is 12.1 Å². The van der Waals surface area contributed by atoms with Crippen LogP contribution in [-0.2, 0) is 11.8 Å². The van der Waals surface area contributed by atoms with Gasteiger partial charge in [-0.15, -0.1) is 6.58 Å². The van der Waals surface area contributed by atoms with Crippen molar-refractivity contribution in [1.82, 2.24) is 5.32 Å². The molecule has 1 saturated carbocycles. The van der Waals surface area contributed by atoms with Crippen molar-refractivity contribution >= 4 is 0 Å². The highest BCUT2D eigenvalue weighted by Gasteiger charge is 2.67. The molecule has 0 saturated heterocycles. The second-order valence-electron chi connectivity index (χ2n) is 7.37. The summed E-state index contributed by atoms with van der Waals surface area (Å²) < 4.78 is 11.8. The molecule has 24 heavy (non-hydrogen) atoms. The van der Waals surface area contributed by atoms with Crippen LogP contribution in [0.3, 0.4) is 0 Å². The molecule has 4 rings (SSSR count). The third-order valence-electron chi connectivity index (χ3n) is 6.31. The number of methoxy groups -OCH3 is 1. The molecule has 0 amide bonds. The Hall–Kier alpha value is -1.78. The van der Waals surface area contributed by atoms with Crippen LogP contribution < -0.4 is 14.8 Å². The molecule has 4 nitrogen and oxygen atoms in total. The van der Waals surface area contributed by atoms with Gasteiger partial charge in [-0.05, 0) is 43.4 Å². The molecule has 4 atom stereocenters. The van der Waals surface area contributed by atoms with Gasteiger partial charge in [-0.25, -0.2) is 0 Å². The lowest BCUT2D eigenvalue weighted by Gasteiger charge is -2.56. The molecular weight excluding hydrogens is 302 g/mol. The van der Waals surface area contributed by atoms with Crippen molar-refractivity contribution < 1.29 is 14.6 Å². The van der Waals surface area contributed by atoms with Crippen LogP contribution in [0.2, 0.25) is 0 Å². The molecule has 2 N–H and O–H groups in total. The minimum atomic E-state index is -0.882. The van der Waals surface area contributed by atoms with Crippen LogP contribution in [0.15, 0.2) is 36.9 Å². The van der Waals surface area contributed by atoms with Crippen molar-refractivity contribution in [3.05, 3.63) is 48.1 Å². The molecule has 0 aromatic heterocycles. The van der Waals surface area contributed by atoms with Gasteiger partial charge in [0.05, 0.1) is 18.1 Å². The van der Waals surface area contributed by atoms with Crippen LogP contribution >= 0.6 is 0 Å². The lowest BCUT2D eigenvalue weighted by atomic mass is 9.52. The third kappa shape index (κ3) is 1.70. The summed E-state index contributed by atoms with van der Waals surface area (Å²) in [7, 11) is 1.66. The maximum atomic E-state index is 11.8. The van der Waals surface area contributed by atoms with E-state index in [1.54, 1.807) is 7.11 Å². The molecule has 4 heteroatoms. The number of benzene rings is 1. The van der Waals surface area contributed by atoms with E-state index < -0.39 is 11.0 Å². The second kappa shape index (κ2) is 5.11. The van der Waals surface area contributed by atoms with Gasteiger partial charge in [0.15, 0.2) is 11.5 Å². The number of rotatable bonds is 4. The van der Waals surface area contributed by atoms with Crippen molar-refractivity contribution in [2.45, 2.75) is 49.3 Å². The van der Waals surface area contributed by atoms with Gasteiger partial charge in [0.2, 0.25) is 0 Å². The highest BCUT2D eigenvalue weighted by atomic mass is 16.5. The third-order valence-corrected chi connectivity index (χ3v) is 6.31. The van der Waals surface area contributed by atoms with E-state index in [0.29, 0.717) is 13.0 Å². The summed E-state index contributed by atoms with van der Waals surface area (Å²) in [5, 5.41) is 15.3. The first kappa shape index (κ1) is 15.7. The molecule has 1 aromatic carbocycles. The number of ether oxygens (including phenoxy) is 2. The summed E-state index contributed by atoms with van der Waals surface area (Å²) >= 11 is 0. The van der Waals surface area contributed by atoms with Crippen LogP contribution in [-0.4, -0.2) is 36.5 Å². The smallest absolute Gasteiger partial charge is 0.166 e. The van der Waals surface area contributed by atoms with Crippen LogP contribution in [0.4, 0.5) is 0 Å². The Morgan fingerprint density at radius 2 is 2.29 bits per heavy atom. The van der Waals surface area contributed by atoms with Gasteiger partial charge in [0.25, 0.3) is 0 Å². The van der Waals surface area contributed by atoms with E-state index in [2.05, 4.69) is 31.5 Å². The minimum absolute atomic E-state index is 0.0356. The fourth-order valence-electron chi connectivity index (χ4n) is 5.06. The first-order valence-electron chi connectivity index (χ1n) is 8.58. The molecule has 0 bridgehead atoms. The maximum absolute atomic E-state index is 11.8. The summed E-state index contributed by atoms with van der Waals surface area (Å²) in [6.45, 7) is 10.8. The number of nitrogens with one attached hydrogen (secondary N) is 1. The largest absolute Gasteiger partial charge is 0.493 e. The zero-order valence-corrected chi connectivity index (χ0v) is 14.4. The molecular formula is C20H25NO3. The fraction of sp³-hybridized carbons (Fsp3) is 0.500. The van der Waals surface area contributed by atoms with Gasteiger partial charge in [0.1, 0.15) is 6.10 Å². The van der Waals surface area contributed by atoms with Crippen LogP contribution in [0.5, 0.6) is 11.5 Å². The van der Waals surface area contributed by atoms with Crippen molar-refractivity contribution in [3.8, 4) is 11.5 Å². The molecule has 128 valence electrons. The molecule has 2 aliphatic carbocycles. The summed E-state index contributed by atoms with van der Waals surface area (Å²) in [4.78, 5) is 0. The predicted molar refractivity (Wildman–Crippen MR) is 93.8 cm³/mol. The zero-order chi connectivity index (χ0) is 17.1. The molecule has 1 fully saturated rings. The van der Waals surface area contributed by atoms with Gasteiger partial charge in [-0.2, -0.15) is 0 Å². The van der Waals surface area contributed by atoms with E-state index in [1.165, 1.54) is 5.56 Å². The fourth-order valence-corrected chi connectivity index (χ4v) is 5.06. The highest BCUT2D eigenvalue weighted by molar-refractivity contribution is 5.63. The standard InChI is InChI=1S/C20H25NO3/c1-5-10-21-15-11-13-6-7-14(23-4)17-16(13)19(3)18(24-17)12(2)8-9-20(15,19)22/h5-7,15,18,21-22H,1-2,8-11H2,3-4H3/t15-,18?,19+,20-/m0/s1. The topological polar surface area (TPSA) is 50.7 Å². The monoisotopic (exact) mass is 327 g/mol. The molecule has 1 unspecified atom stereocenters. The molecule has 1 aromatic rings. The maximum Gasteiger partial charge on any atom is 0.166 e. The SMILES string of the molecule is C=CCN[C@H]1Cc2ccc(OC)c3c2[C@]2(C)C(O3)C(=C)CC[C@]12O. The first-order valence-corrected chi connectivity index (χ1v) is 8.58. The summed E-state index contributed by atoms with van der Waals surface area (Å²) in [6, 6.07) is 4.03.